The summed E-state index contributed by atoms with van der Waals surface area (Å²) in [5.41, 5.74) is 4.18. The number of nitrogens with two attached hydrogens (primary N) is 1. The fourth-order valence-electron chi connectivity index (χ4n) is 1.15. The van der Waals surface area contributed by atoms with Gasteiger partial charge in [-0.1, -0.05) is 0 Å². The van der Waals surface area contributed by atoms with E-state index in [-0.39, 0.29) is 6.61 Å². The van der Waals surface area contributed by atoms with E-state index in [1.54, 1.807) is 0 Å². The lowest BCUT2D eigenvalue weighted by molar-refractivity contribution is -0.0768. The molecule has 0 aromatic rings. The number of hydrogen-bond acceptors (Lipinski definition) is 5. The highest BCUT2D eigenvalue weighted by Crippen LogP contribution is 2.25. The quantitative estimate of drug-likeness (QED) is 0.351. The largest absolute Gasteiger partial charge is 0.394 e. The van der Waals surface area contributed by atoms with Gasteiger partial charge in [-0.2, -0.15) is 0 Å². The van der Waals surface area contributed by atoms with Crippen LogP contribution < -0.4 is 5.73 Å². The van der Waals surface area contributed by atoms with Gasteiger partial charge in [0.1, 0.15) is 24.0 Å². The van der Waals surface area contributed by atoms with Crippen LogP contribution in [0.25, 0.3) is 0 Å². The zero-order chi connectivity index (χ0) is 8.65. The molecule has 0 aliphatic carbocycles. The molecule has 11 heavy (non-hydrogen) atoms. The molecule has 1 fully saturated rings. The molecule has 1 aliphatic heterocycles. The van der Waals surface area contributed by atoms with Crippen LogP contribution in [-0.4, -0.2) is 46.0 Å². The third-order valence-corrected chi connectivity index (χ3v) is 1.88. The molecule has 2 unspecified atom stereocenters. The van der Waals surface area contributed by atoms with E-state index in [9.17, 15) is 10.2 Å². The molecule has 1 rings (SSSR count). The predicted molar refractivity (Wildman–Crippen MR) is 36.6 cm³/mol. The Labute approximate surface area is 64.4 Å². The van der Waals surface area contributed by atoms with Gasteiger partial charge >= 0.3 is 0 Å². The molecule has 66 valence electrons. The fourth-order valence-corrected chi connectivity index (χ4v) is 1.15. The van der Waals surface area contributed by atoms with Crippen LogP contribution in [0.5, 0.6) is 0 Å². The summed E-state index contributed by atoms with van der Waals surface area (Å²) in [7, 11) is 0. The van der Waals surface area contributed by atoms with Crippen LogP contribution in [0.15, 0.2) is 0 Å². The lowest BCUT2D eigenvalue weighted by atomic mass is 10.1. The lowest BCUT2D eigenvalue weighted by Gasteiger charge is -2.21. The van der Waals surface area contributed by atoms with Gasteiger partial charge in [0.25, 0.3) is 0 Å². The molecule has 5 heteroatoms. The van der Waals surface area contributed by atoms with Crippen LogP contribution in [0.4, 0.5) is 0 Å². The topological polar surface area (TPSA) is 95.9 Å². The van der Waals surface area contributed by atoms with Crippen molar-refractivity contribution < 1.29 is 20.1 Å². The minimum absolute atomic E-state index is 0.342. The molecule has 0 radical (unpaired) electrons. The van der Waals surface area contributed by atoms with Crippen molar-refractivity contribution in [2.75, 3.05) is 6.61 Å². The molecule has 0 bridgehead atoms. The Morgan fingerprint density at radius 3 is 2.27 bits per heavy atom. The first-order chi connectivity index (χ1) is 4.99. The van der Waals surface area contributed by atoms with E-state index >= 15 is 0 Å². The van der Waals surface area contributed by atoms with Crippen molar-refractivity contribution >= 4 is 0 Å². The first-order valence-electron chi connectivity index (χ1n) is 3.42. The van der Waals surface area contributed by atoms with Crippen LogP contribution in [0.2, 0.25) is 0 Å². The second-order valence-corrected chi connectivity index (χ2v) is 2.96. The van der Waals surface area contributed by atoms with Gasteiger partial charge in [0, 0.05) is 0 Å². The lowest BCUT2D eigenvalue weighted by Crippen LogP contribution is -2.48. The molecule has 4 atom stereocenters. The fraction of sp³-hybridized carbons (Fsp3) is 1.00. The SMILES string of the molecule is C[C@@]1(N)O[C@H](CO)C(O)C1O. The number of aliphatic hydroxyl groups is 3. The summed E-state index contributed by atoms with van der Waals surface area (Å²) in [6.45, 7) is 1.11. The van der Waals surface area contributed by atoms with Gasteiger partial charge in [0.2, 0.25) is 0 Å². The molecule has 0 saturated carbocycles. The molecule has 5 N–H and O–H groups in total. The molecule has 1 aliphatic rings. The Balaban J connectivity index is 2.69. The van der Waals surface area contributed by atoms with Crippen LogP contribution >= 0.6 is 0 Å². The van der Waals surface area contributed by atoms with Crippen molar-refractivity contribution in [2.24, 2.45) is 5.73 Å². The van der Waals surface area contributed by atoms with E-state index in [0.29, 0.717) is 0 Å². The van der Waals surface area contributed by atoms with Crippen molar-refractivity contribution in [3.8, 4) is 0 Å². The van der Waals surface area contributed by atoms with Crippen LogP contribution in [0.3, 0.4) is 0 Å². The van der Waals surface area contributed by atoms with Crippen molar-refractivity contribution in [1.82, 2.24) is 0 Å². The summed E-state index contributed by atoms with van der Waals surface area (Å²) in [6, 6.07) is 0. The molecular formula is C6H13NO4. The maximum absolute atomic E-state index is 9.22. The average molecular weight is 163 g/mol. The summed E-state index contributed by atoms with van der Waals surface area (Å²) in [5, 5.41) is 27.0. The van der Waals surface area contributed by atoms with Crippen LogP contribution in [0.1, 0.15) is 6.92 Å². The summed E-state index contributed by atoms with van der Waals surface area (Å²) < 4.78 is 4.95. The van der Waals surface area contributed by atoms with Gasteiger partial charge in [0.05, 0.1) is 6.61 Å². The second-order valence-electron chi connectivity index (χ2n) is 2.96. The highest BCUT2D eigenvalue weighted by atomic mass is 16.6. The predicted octanol–water partition coefficient (Wildman–Crippen LogP) is -2.23. The Morgan fingerprint density at radius 2 is 2.09 bits per heavy atom. The first kappa shape index (κ1) is 8.89. The molecule has 1 saturated heterocycles. The standard InChI is InChI=1S/C6H13NO4/c1-6(7)5(10)4(9)3(2-8)11-6/h3-5,8-10H,2,7H2,1H3/t3-,4?,5?,6-/m1/s1. The maximum Gasteiger partial charge on any atom is 0.143 e. The maximum atomic E-state index is 9.22. The number of rotatable bonds is 1. The zero-order valence-corrected chi connectivity index (χ0v) is 6.27. The van der Waals surface area contributed by atoms with Crippen molar-refractivity contribution in [3.63, 3.8) is 0 Å². The molecule has 0 spiro atoms. The molecular weight excluding hydrogens is 150 g/mol. The minimum atomic E-state index is -1.26. The number of aliphatic hydroxyl groups excluding tert-OH is 3. The van der Waals surface area contributed by atoms with E-state index in [1.165, 1.54) is 6.92 Å². The summed E-state index contributed by atoms with van der Waals surface area (Å²) >= 11 is 0. The zero-order valence-electron chi connectivity index (χ0n) is 6.27. The Morgan fingerprint density at radius 1 is 1.55 bits per heavy atom. The van der Waals surface area contributed by atoms with E-state index in [4.69, 9.17) is 15.6 Å². The van der Waals surface area contributed by atoms with Gasteiger partial charge in [0.15, 0.2) is 0 Å². The minimum Gasteiger partial charge on any atom is -0.394 e. The number of ether oxygens (including phenoxy) is 1. The number of hydrogen-bond donors (Lipinski definition) is 4. The van der Waals surface area contributed by atoms with Crippen molar-refractivity contribution in [1.29, 1.82) is 0 Å². The monoisotopic (exact) mass is 163 g/mol. The van der Waals surface area contributed by atoms with Gasteiger partial charge in [-0.25, -0.2) is 0 Å². The van der Waals surface area contributed by atoms with Gasteiger partial charge in [-0.3, -0.25) is 0 Å². The van der Waals surface area contributed by atoms with E-state index in [1.807, 2.05) is 0 Å². The Kier molecular flexibility index (Phi) is 2.17. The first-order valence-corrected chi connectivity index (χ1v) is 3.42. The Hall–Kier alpha value is -0.200. The van der Waals surface area contributed by atoms with Crippen LogP contribution in [-0.2, 0) is 4.74 Å². The molecule has 1 heterocycles. The highest BCUT2D eigenvalue weighted by Gasteiger charge is 2.48. The summed E-state index contributed by atoms with van der Waals surface area (Å²) in [5.74, 6) is 0. The molecule has 0 aromatic carbocycles. The van der Waals surface area contributed by atoms with E-state index in [0.717, 1.165) is 0 Å². The molecule has 0 amide bonds. The third kappa shape index (κ3) is 1.38. The Bertz CT molecular complexity index is 150. The van der Waals surface area contributed by atoms with E-state index < -0.39 is 24.0 Å². The second kappa shape index (κ2) is 2.69. The van der Waals surface area contributed by atoms with E-state index in [2.05, 4.69) is 0 Å². The van der Waals surface area contributed by atoms with Crippen LogP contribution in [0, 0.1) is 0 Å². The summed E-state index contributed by atoms with van der Waals surface area (Å²) in [6.07, 6.45) is -3.02. The van der Waals surface area contributed by atoms with Gasteiger partial charge in [-0.05, 0) is 6.92 Å². The van der Waals surface area contributed by atoms with Gasteiger partial charge in [-0.15, -0.1) is 0 Å². The van der Waals surface area contributed by atoms with Crippen molar-refractivity contribution in [2.45, 2.75) is 31.0 Å². The normalized spacial score (nSPS) is 51.5. The molecule has 0 aromatic heterocycles. The highest BCUT2D eigenvalue weighted by molar-refractivity contribution is 4.95. The smallest absolute Gasteiger partial charge is 0.143 e. The summed E-state index contributed by atoms with van der Waals surface area (Å²) in [4.78, 5) is 0. The van der Waals surface area contributed by atoms with Gasteiger partial charge < -0.3 is 25.8 Å². The third-order valence-electron chi connectivity index (χ3n) is 1.88. The average Bonchev–Trinajstić information content (AvgIpc) is 2.13. The molecule has 5 nitrogen and oxygen atoms in total. The van der Waals surface area contributed by atoms with Crippen molar-refractivity contribution in [3.05, 3.63) is 0 Å².